The van der Waals surface area contributed by atoms with Crippen molar-refractivity contribution in [2.75, 3.05) is 7.11 Å². The van der Waals surface area contributed by atoms with Crippen LogP contribution in [0.5, 0.6) is 5.75 Å². The lowest BCUT2D eigenvalue weighted by Crippen LogP contribution is -2.41. The molecule has 0 aliphatic carbocycles. The van der Waals surface area contributed by atoms with Gasteiger partial charge in [-0.15, -0.1) is 0 Å². The molecule has 0 atom stereocenters. The summed E-state index contributed by atoms with van der Waals surface area (Å²) in [5.74, 6) is 0.759. The summed E-state index contributed by atoms with van der Waals surface area (Å²) in [7, 11) is -2.05. The molecule has 0 spiro atoms. The number of primary sulfonamides is 1. The molecule has 0 saturated heterocycles. The van der Waals surface area contributed by atoms with E-state index in [0.717, 1.165) is 39.8 Å². The van der Waals surface area contributed by atoms with Crippen molar-refractivity contribution in [3.05, 3.63) is 65.3 Å². The van der Waals surface area contributed by atoms with Gasteiger partial charge in [0.1, 0.15) is 11.3 Å². The third-order valence-corrected chi connectivity index (χ3v) is 5.45. The minimum atomic E-state index is -3.69. The van der Waals surface area contributed by atoms with Gasteiger partial charge in [0.25, 0.3) is 0 Å². The zero-order valence-corrected chi connectivity index (χ0v) is 17.0. The molecule has 1 aromatic heterocycles. The van der Waals surface area contributed by atoms with Crippen molar-refractivity contribution < 1.29 is 17.4 Å². The third kappa shape index (κ3) is 4.21. The molecule has 1 heterocycles. The largest absolute Gasteiger partial charge is 0.497 e. The highest BCUT2D eigenvalue weighted by atomic mass is 32.2. The summed E-state index contributed by atoms with van der Waals surface area (Å²) in [6.07, 6.45) is 5.54. The van der Waals surface area contributed by atoms with Crippen molar-refractivity contribution in [2.24, 2.45) is 5.14 Å². The molecule has 0 radical (unpaired) electrons. The van der Waals surface area contributed by atoms with Gasteiger partial charge < -0.3 is 4.74 Å². The fourth-order valence-electron chi connectivity index (χ4n) is 3.21. The van der Waals surface area contributed by atoms with Crippen LogP contribution in [0.4, 0.5) is 0 Å². The van der Waals surface area contributed by atoms with Crippen LogP contribution in [-0.2, 0) is 16.4 Å². The molecule has 3 aromatic rings. The van der Waals surface area contributed by atoms with Gasteiger partial charge in [0.15, 0.2) is 5.71 Å². The average Bonchev–Trinajstić information content (AvgIpc) is 2.67. The molecular formula is C21H24N3O3S+. The zero-order valence-electron chi connectivity index (χ0n) is 16.2. The summed E-state index contributed by atoms with van der Waals surface area (Å²) in [5, 5.41) is 6.19. The molecule has 146 valence electrons. The van der Waals surface area contributed by atoms with Crippen LogP contribution in [0.1, 0.15) is 25.8 Å². The first-order chi connectivity index (χ1) is 13.3. The molecule has 28 heavy (non-hydrogen) atoms. The molecule has 7 heteroatoms. The molecular weight excluding hydrogens is 374 g/mol. The van der Waals surface area contributed by atoms with Gasteiger partial charge in [-0.2, -0.15) is 4.24 Å². The summed E-state index contributed by atoms with van der Waals surface area (Å²) in [6, 6.07) is 12.5. The summed E-state index contributed by atoms with van der Waals surface area (Å²) in [5.41, 5.74) is 3.93. The van der Waals surface area contributed by atoms with E-state index in [-0.39, 0.29) is 4.90 Å². The summed E-state index contributed by atoms with van der Waals surface area (Å²) in [6.45, 7) is 4.15. The second-order valence-corrected chi connectivity index (χ2v) is 8.15. The van der Waals surface area contributed by atoms with Crippen molar-refractivity contribution in [1.29, 1.82) is 0 Å². The molecule has 0 unspecified atom stereocenters. The standard InChI is InChI=1S/C21H24N3O3S/c1-4-5-17-14-23-20-13-18(27-3)8-11-21(20)24(17)15(2)12-16-6-9-19(10-7-16)28(22,25)26/h5-11,13-14H,4,12H2,1-3H3,(H2,22,25,26)/q+1/b17-5-,24-15?. The van der Waals surface area contributed by atoms with Crippen LogP contribution < -0.4 is 19.5 Å². The van der Waals surface area contributed by atoms with Gasteiger partial charge in [0.2, 0.25) is 20.9 Å². The molecule has 0 aliphatic heterocycles. The van der Waals surface area contributed by atoms with E-state index in [1.54, 1.807) is 19.2 Å². The Bertz CT molecular complexity index is 1230. The lowest BCUT2D eigenvalue weighted by molar-refractivity contribution is -0.510. The first-order valence-corrected chi connectivity index (χ1v) is 10.5. The Morgan fingerprint density at radius 3 is 2.54 bits per heavy atom. The van der Waals surface area contributed by atoms with Crippen LogP contribution in [-0.4, -0.2) is 20.5 Å². The molecule has 0 amide bonds. The number of hydrogen-bond acceptors (Lipinski definition) is 4. The van der Waals surface area contributed by atoms with Crippen molar-refractivity contribution in [3.63, 3.8) is 0 Å². The Morgan fingerprint density at radius 1 is 1.21 bits per heavy atom. The van der Waals surface area contributed by atoms with Gasteiger partial charge in [-0.05, 0) is 36.3 Å². The second kappa shape index (κ2) is 8.08. The van der Waals surface area contributed by atoms with Crippen LogP contribution in [0.2, 0.25) is 0 Å². The zero-order chi connectivity index (χ0) is 20.3. The van der Waals surface area contributed by atoms with Gasteiger partial charge >= 0.3 is 0 Å². The van der Waals surface area contributed by atoms with E-state index in [4.69, 9.17) is 9.88 Å². The van der Waals surface area contributed by atoms with Gasteiger partial charge in [-0.25, -0.2) is 18.5 Å². The van der Waals surface area contributed by atoms with E-state index in [1.807, 2.05) is 24.4 Å². The van der Waals surface area contributed by atoms with Crippen LogP contribution in [0.3, 0.4) is 0 Å². The number of aromatic nitrogens is 2. The van der Waals surface area contributed by atoms with Crippen molar-refractivity contribution in [3.8, 4) is 5.75 Å². The fourth-order valence-corrected chi connectivity index (χ4v) is 3.72. The Balaban J connectivity index is 2.17. The highest BCUT2D eigenvalue weighted by molar-refractivity contribution is 7.89. The maximum absolute atomic E-state index is 11.5. The number of benzene rings is 2. The quantitative estimate of drug-likeness (QED) is 0.666. The van der Waals surface area contributed by atoms with Gasteiger partial charge in [0.05, 0.1) is 24.6 Å². The summed E-state index contributed by atoms with van der Waals surface area (Å²) < 4.78 is 30.4. The molecule has 0 aliphatic rings. The topological polar surface area (TPSA) is 88.2 Å². The van der Waals surface area contributed by atoms with Crippen LogP contribution >= 0.6 is 0 Å². The lowest BCUT2D eigenvalue weighted by Gasteiger charge is -2.03. The number of hydrogen-bond donors (Lipinski definition) is 1. The highest BCUT2D eigenvalue weighted by Gasteiger charge is 2.13. The fraction of sp³-hybridized carbons (Fsp3) is 0.238. The maximum atomic E-state index is 11.5. The van der Waals surface area contributed by atoms with E-state index in [9.17, 15) is 8.42 Å². The molecule has 2 N–H and O–H groups in total. The highest BCUT2D eigenvalue weighted by Crippen LogP contribution is 2.16. The van der Waals surface area contributed by atoms with Gasteiger partial charge in [-0.3, -0.25) is 0 Å². The molecule has 0 fully saturated rings. The first-order valence-electron chi connectivity index (χ1n) is 9.00. The van der Waals surface area contributed by atoms with Crippen molar-refractivity contribution >= 4 is 27.1 Å². The Hall–Kier alpha value is -2.77. The third-order valence-electron chi connectivity index (χ3n) is 4.52. The summed E-state index contributed by atoms with van der Waals surface area (Å²) >= 11 is 0. The second-order valence-electron chi connectivity index (χ2n) is 6.59. The minimum absolute atomic E-state index is 0.114. The Labute approximate surface area is 164 Å². The predicted octanol–water partition coefficient (Wildman–Crippen LogP) is 2.01. The average molecular weight is 399 g/mol. The minimum Gasteiger partial charge on any atom is -0.497 e. The van der Waals surface area contributed by atoms with Crippen molar-refractivity contribution in [1.82, 2.24) is 4.98 Å². The molecule has 0 saturated carbocycles. The van der Waals surface area contributed by atoms with Crippen LogP contribution in [0, 0.1) is 5.71 Å². The van der Waals surface area contributed by atoms with Crippen LogP contribution in [0.15, 0.2) is 53.6 Å². The number of ether oxygens (including phenoxy) is 1. The molecule has 2 aromatic carbocycles. The Kier molecular flexibility index (Phi) is 5.76. The van der Waals surface area contributed by atoms with E-state index in [1.165, 1.54) is 12.1 Å². The van der Waals surface area contributed by atoms with E-state index < -0.39 is 10.0 Å². The maximum Gasteiger partial charge on any atom is 0.238 e. The number of methoxy groups -OCH3 is 1. The summed E-state index contributed by atoms with van der Waals surface area (Å²) in [4.78, 5) is 4.69. The SMILES string of the molecule is CC/C=c1/cnc2cc(OC)ccc2[n+]1=C(C)Cc1ccc(S(N)(=O)=O)cc1. The smallest absolute Gasteiger partial charge is 0.238 e. The predicted molar refractivity (Wildman–Crippen MR) is 109 cm³/mol. The number of nitrogens with two attached hydrogens (primary N) is 1. The van der Waals surface area contributed by atoms with E-state index in [0.29, 0.717) is 6.42 Å². The Morgan fingerprint density at radius 2 is 1.93 bits per heavy atom. The first kappa shape index (κ1) is 20.0. The molecule has 6 nitrogen and oxygen atoms in total. The van der Waals surface area contributed by atoms with E-state index >= 15 is 0 Å². The molecule has 3 rings (SSSR count). The van der Waals surface area contributed by atoms with E-state index in [2.05, 4.69) is 29.2 Å². The number of fused-ring (bicyclic) bond motifs is 1. The monoisotopic (exact) mass is 398 g/mol. The van der Waals surface area contributed by atoms with Gasteiger partial charge in [-0.1, -0.05) is 19.1 Å². The lowest BCUT2D eigenvalue weighted by atomic mass is 10.1. The number of nitrogens with zero attached hydrogens (tertiary/aromatic N) is 2. The van der Waals surface area contributed by atoms with Crippen LogP contribution in [0.25, 0.3) is 17.1 Å². The van der Waals surface area contributed by atoms with Crippen molar-refractivity contribution in [2.45, 2.75) is 31.6 Å². The van der Waals surface area contributed by atoms with Gasteiger partial charge in [0, 0.05) is 19.1 Å². The normalized spacial score (nSPS) is 13.6. The number of rotatable bonds is 5. The number of sulfonamides is 1. The molecule has 0 bridgehead atoms.